The van der Waals surface area contributed by atoms with Gasteiger partial charge >= 0.3 is 12.0 Å². The van der Waals surface area contributed by atoms with Gasteiger partial charge < -0.3 is 19.6 Å². The van der Waals surface area contributed by atoms with E-state index in [1.165, 1.54) is 0 Å². The molecule has 1 rings (SSSR count). The van der Waals surface area contributed by atoms with Crippen molar-refractivity contribution in [1.82, 2.24) is 14.7 Å². The van der Waals surface area contributed by atoms with Gasteiger partial charge in [-0.2, -0.15) is 0 Å². The molecule has 0 aromatic carbocycles. The van der Waals surface area contributed by atoms with E-state index in [9.17, 15) is 9.59 Å². The Morgan fingerprint density at radius 3 is 2.30 bits per heavy atom. The summed E-state index contributed by atoms with van der Waals surface area (Å²) in [7, 11) is 1.62. The maximum absolute atomic E-state index is 12.4. The molecule has 0 bridgehead atoms. The van der Waals surface area contributed by atoms with Gasteiger partial charge in [0.2, 0.25) is 0 Å². The Bertz CT molecular complexity index is 328. The average Bonchev–Trinajstić information content (AvgIpc) is 2.38. The van der Waals surface area contributed by atoms with Crippen molar-refractivity contribution in [3.8, 4) is 0 Å². The van der Waals surface area contributed by atoms with Crippen molar-refractivity contribution in [1.29, 1.82) is 0 Å². The van der Waals surface area contributed by atoms with Crippen molar-refractivity contribution < 1.29 is 19.4 Å². The lowest BCUT2D eigenvalue weighted by molar-refractivity contribution is -0.138. The first-order chi connectivity index (χ1) is 9.45. The number of carboxylic acids is 1. The van der Waals surface area contributed by atoms with Crippen LogP contribution in [0.5, 0.6) is 0 Å². The van der Waals surface area contributed by atoms with E-state index in [-0.39, 0.29) is 18.6 Å². The van der Waals surface area contributed by atoms with E-state index >= 15 is 0 Å². The van der Waals surface area contributed by atoms with Crippen LogP contribution in [0.4, 0.5) is 4.79 Å². The van der Waals surface area contributed by atoms with Crippen molar-refractivity contribution in [3.63, 3.8) is 0 Å². The lowest BCUT2D eigenvalue weighted by Gasteiger charge is -2.38. The molecule has 0 unspecified atom stereocenters. The molecule has 0 aliphatic carbocycles. The van der Waals surface area contributed by atoms with Crippen LogP contribution in [0.25, 0.3) is 0 Å². The molecule has 7 heteroatoms. The summed E-state index contributed by atoms with van der Waals surface area (Å²) in [6.07, 6.45) is 0. The number of carbonyl (C=O) groups excluding carboxylic acids is 1. The Hall–Kier alpha value is -1.34. The second-order valence-electron chi connectivity index (χ2n) is 5.22. The molecule has 0 radical (unpaired) electrons. The normalized spacial score (nSPS) is 16.5. The van der Waals surface area contributed by atoms with Crippen LogP contribution in [-0.2, 0) is 9.53 Å². The highest BCUT2D eigenvalue weighted by Crippen LogP contribution is 2.08. The second kappa shape index (κ2) is 8.06. The molecular weight excluding hydrogens is 262 g/mol. The number of piperazine rings is 1. The fraction of sp³-hybridized carbons (Fsp3) is 0.846. The molecule has 1 aliphatic heterocycles. The van der Waals surface area contributed by atoms with Crippen LogP contribution in [0.3, 0.4) is 0 Å². The number of ether oxygens (including phenoxy) is 1. The molecule has 0 aromatic rings. The summed E-state index contributed by atoms with van der Waals surface area (Å²) < 4.78 is 5.03. The average molecular weight is 287 g/mol. The molecule has 7 nitrogen and oxygen atoms in total. The number of nitrogens with zero attached hydrogens (tertiary/aromatic N) is 3. The van der Waals surface area contributed by atoms with Gasteiger partial charge in [-0.05, 0) is 13.8 Å². The summed E-state index contributed by atoms with van der Waals surface area (Å²) in [5.41, 5.74) is 0. The molecule has 1 fully saturated rings. The number of amides is 2. The Labute approximate surface area is 120 Å². The molecule has 1 aliphatic rings. The first-order valence-corrected chi connectivity index (χ1v) is 6.94. The third-order valence-electron chi connectivity index (χ3n) is 3.41. The largest absolute Gasteiger partial charge is 0.480 e. The highest BCUT2D eigenvalue weighted by molar-refractivity contribution is 5.75. The number of rotatable bonds is 6. The van der Waals surface area contributed by atoms with E-state index in [1.807, 2.05) is 18.7 Å². The molecule has 2 amide bonds. The van der Waals surface area contributed by atoms with Crippen molar-refractivity contribution >= 4 is 12.0 Å². The number of hydrogen-bond acceptors (Lipinski definition) is 4. The van der Waals surface area contributed by atoms with Gasteiger partial charge in [-0.25, -0.2) is 4.79 Å². The summed E-state index contributed by atoms with van der Waals surface area (Å²) in [6, 6.07) is 0.127. The lowest BCUT2D eigenvalue weighted by Crippen LogP contribution is -2.55. The fourth-order valence-corrected chi connectivity index (χ4v) is 2.23. The van der Waals surface area contributed by atoms with Crippen molar-refractivity contribution in [3.05, 3.63) is 0 Å². The fourth-order valence-electron chi connectivity index (χ4n) is 2.23. The zero-order valence-electron chi connectivity index (χ0n) is 12.5. The van der Waals surface area contributed by atoms with E-state index in [2.05, 4.69) is 0 Å². The SMILES string of the molecule is COCCN(C(=O)N1CCN(CC(=O)O)CC1)C(C)C. The Morgan fingerprint density at radius 1 is 1.25 bits per heavy atom. The molecule has 116 valence electrons. The van der Waals surface area contributed by atoms with Crippen LogP contribution in [0.2, 0.25) is 0 Å². The molecular formula is C13H25N3O4. The minimum atomic E-state index is -0.825. The first kappa shape index (κ1) is 16.7. The van der Waals surface area contributed by atoms with E-state index in [0.717, 1.165) is 0 Å². The van der Waals surface area contributed by atoms with Crippen molar-refractivity contribution in [2.45, 2.75) is 19.9 Å². The number of hydrogen-bond donors (Lipinski definition) is 1. The van der Waals surface area contributed by atoms with Gasteiger partial charge in [0, 0.05) is 45.9 Å². The van der Waals surface area contributed by atoms with E-state index in [4.69, 9.17) is 9.84 Å². The van der Waals surface area contributed by atoms with Crippen LogP contribution >= 0.6 is 0 Å². The van der Waals surface area contributed by atoms with Crippen LogP contribution < -0.4 is 0 Å². The van der Waals surface area contributed by atoms with E-state index < -0.39 is 5.97 Å². The standard InChI is InChI=1S/C13H25N3O4/c1-11(2)16(8-9-20-3)13(19)15-6-4-14(5-7-15)10-12(17)18/h11H,4-10H2,1-3H3,(H,17,18). The predicted molar refractivity (Wildman–Crippen MR) is 74.8 cm³/mol. The van der Waals surface area contributed by atoms with Gasteiger partial charge in [0.05, 0.1) is 13.2 Å². The minimum absolute atomic E-state index is 0.00650. The molecule has 1 saturated heterocycles. The number of aliphatic carboxylic acids is 1. The van der Waals surface area contributed by atoms with E-state index in [0.29, 0.717) is 39.3 Å². The molecule has 0 saturated carbocycles. The Balaban J connectivity index is 2.49. The summed E-state index contributed by atoms with van der Waals surface area (Å²) in [6.45, 7) is 7.44. The monoisotopic (exact) mass is 287 g/mol. The minimum Gasteiger partial charge on any atom is -0.480 e. The number of carboxylic acid groups (broad SMARTS) is 1. The van der Waals surface area contributed by atoms with Crippen molar-refractivity contribution in [2.75, 3.05) is 53.0 Å². The van der Waals surface area contributed by atoms with Crippen LogP contribution in [0, 0.1) is 0 Å². The lowest BCUT2D eigenvalue weighted by atomic mass is 10.3. The van der Waals surface area contributed by atoms with Gasteiger partial charge in [-0.15, -0.1) is 0 Å². The summed E-state index contributed by atoms with van der Waals surface area (Å²) >= 11 is 0. The third kappa shape index (κ3) is 4.97. The maximum Gasteiger partial charge on any atom is 0.320 e. The second-order valence-corrected chi connectivity index (χ2v) is 5.22. The number of urea groups is 1. The van der Waals surface area contributed by atoms with Gasteiger partial charge in [-0.3, -0.25) is 9.69 Å². The topological polar surface area (TPSA) is 73.3 Å². The van der Waals surface area contributed by atoms with Crippen molar-refractivity contribution in [2.24, 2.45) is 0 Å². The summed E-state index contributed by atoms with van der Waals surface area (Å²) in [5, 5.41) is 8.75. The zero-order chi connectivity index (χ0) is 15.1. The first-order valence-electron chi connectivity index (χ1n) is 6.94. The Kier molecular flexibility index (Phi) is 6.74. The zero-order valence-corrected chi connectivity index (χ0v) is 12.5. The molecule has 20 heavy (non-hydrogen) atoms. The van der Waals surface area contributed by atoms with Gasteiger partial charge in [0.25, 0.3) is 0 Å². The van der Waals surface area contributed by atoms with Crippen LogP contribution in [0.1, 0.15) is 13.8 Å². The molecule has 0 spiro atoms. The van der Waals surface area contributed by atoms with Gasteiger partial charge in [0.1, 0.15) is 0 Å². The van der Waals surface area contributed by atoms with E-state index in [1.54, 1.807) is 16.9 Å². The smallest absolute Gasteiger partial charge is 0.320 e. The number of carbonyl (C=O) groups is 2. The Morgan fingerprint density at radius 2 is 1.85 bits per heavy atom. The maximum atomic E-state index is 12.4. The molecule has 0 atom stereocenters. The summed E-state index contributed by atoms with van der Waals surface area (Å²) in [4.78, 5) is 28.5. The highest BCUT2D eigenvalue weighted by Gasteiger charge is 2.26. The van der Waals surface area contributed by atoms with Gasteiger partial charge in [-0.1, -0.05) is 0 Å². The van der Waals surface area contributed by atoms with Gasteiger partial charge in [0.15, 0.2) is 0 Å². The number of methoxy groups -OCH3 is 1. The molecule has 0 aromatic heterocycles. The third-order valence-corrected chi connectivity index (χ3v) is 3.41. The quantitative estimate of drug-likeness (QED) is 0.753. The molecule has 1 N–H and O–H groups in total. The predicted octanol–water partition coefficient (Wildman–Crippen LogP) is 0.165. The molecule has 1 heterocycles. The highest BCUT2D eigenvalue weighted by atomic mass is 16.5. The van der Waals surface area contributed by atoms with Crippen LogP contribution in [-0.4, -0.2) is 90.8 Å². The summed E-state index contributed by atoms with van der Waals surface area (Å²) in [5.74, 6) is -0.825. The van der Waals surface area contributed by atoms with Crippen LogP contribution in [0.15, 0.2) is 0 Å².